The van der Waals surface area contributed by atoms with Crippen LogP contribution < -0.4 is 5.32 Å². The first kappa shape index (κ1) is 15.7. The molecule has 1 aliphatic rings. The van der Waals surface area contributed by atoms with Gasteiger partial charge in [-0.05, 0) is 37.4 Å². The Kier molecular flexibility index (Phi) is 5.14. The number of rotatable bonds is 6. The number of carbonyl (C=O) groups is 1. The highest BCUT2D eigenvalue weighted by Gasteiger charge is 2.32. The third kappa shape index (κ3) is 3.92. The van der Waals surface area contributed by atoms with E-state index in [4.69, 9.17) is 16.7 Å². The molecular formula is C14H17ClN2O4. The van der Waals surface area contributed by atoms with Gasteiger partial charge in [0.2, 0.25) is 0 Å². The van der Waals surface area contributed by atoms with E-state index in [1.54, 1.807) is 6.07 Å². The molecule has 114 valence electrons. The van der Waals surface area contributed by atoms with Crippen molar-refractivity contribution < 1.29 is 14.8 Å². The van der Waals surface area contributed by atoms with Crippen LogP contribution in [0.1, 0.15) is 24.8 Å². The lowest BCUT2D eigenvalue weighted by atomic mass is 9.96. The topological polar surface area (TPSA) is 92.5 Å². The first-order chi connectivity index (χ1) is 9.99. The molecule has 2 N–H and O–H groups in total. The van der Waals surface area contributed by atoms with Gasteiger partial charge in [-0.15, -0.1) is 0 Å². The molecular weight excluding hydrogens is 296 g/mol. The molecule has 2 unspecified atom stereocenters. The van der Waals surface area contributed by atoms with Gasteiger partial charge in [0, 0.05) is 23.2 Å². The summed E-state index contributed by atoms with van der Waals surface area (Å²) in [5, 5.41) is 23.6. The minimum Gasteiger partial charge on any atom is -0.481 e. The molecule has 2 atom stereocenters. The van der Waals surface area contributed by atoms with Gasteiger partial charge in [0.25, 0.3) is 5.69 Å². The second-order valence-corrected chi connectivity index (χ2v) is 5.73. The van der Waals surface area contributed by atoms with E-state index in [2.05, 4.69) is 5.32 Å². The fourth-order valence-electron chi connectivity index (χ4n) is 2.87. The van der Waals surface area contributed by atoms with E-state index in [-0.39, 0.29) is 17.5 Å². The molecule has 0 amide bonds. The molecule has 1 aromatic rings. The van der Waals surface area contributed by atoms with Gasteiger partial charge in [-0.25, -0.2) is 0 Å². The summed E-state index contributed by atoms with van der Waals surface area (Å²) in [7, 11) is 0. The standard InChI is InChI=1S/C14H17ClN2O4/c15-11-4-5-13(17(20)21)10(6-11)8-16-7-9-2-1-3-12(9)14(18)19/h4-6,9,12,16H,1-3,7-8H2,(H,18,19). The second-order valence-electron chi connectivity index (χ2n) is 5.30. The van der Waals surface area contributed by atoms with E-state index >= 15 is 0 Å². The van der Waals surface area contributed by atoms with Crippen LogP contribution in [0, 0.1) is 22.0 Å². The molecule has 0 saturated heterocycles. The first-order valence-corrected chi connectivity index (χ1v) is 7.23. The van der Waals surface area contributed by atoms with Crippen LogP contribution in [0.3, 0.4) is 0 Å². The molecule has 0 spiro atoms. The van der Waals surface area contributed by atoms with E-state index in [1.165, 1.54) is 12.1 Å². The lowest BCUT2D eigenvalue weighted by Gasteiger charge is -2.16. The number of carboxylic acids is 1. The molecule has 0 radical (unpaired) electrons. The Morgan fingerprint density at radius 2 is 2.24 bits per heavy atom. The maximum Gasteiger partial charge on any atom is 0.306 e. The number of carboxylic acid groups (broad SMARTS) is 1. The zero-order chi connectivity index (χ0) is 15.4. The van der Waals surface area contributed by atoms with E-state index in [0.29, 0.717) is 30.1 Å². The fraction of sp³-hybridized carbons (Fsp3) is 0.500. The van der Waals surface area contributed by atoms with Crippen LogP contribution in [0.2, 0.25) is 5.02 Å². The van der Waals surface area contributed by atoms with Crippen molar-refractivity contribution in [2.45, 2.75) is 25.8 Å². The SMILES string of the molecule is O=C(O)C1CCCC1CNCc1cc(Cl)ccc1[N+](=O)[O-]. The van der Waals surface area contributed by atoms with Crippen molar-refractivity contribution in [2.24, 2.45) is 11.8 Å². The highest BCUT2D eigenvalue weighted by Crippen LogP contribution is 2.31. The summed E-state index contributed by atoms with van der Waals surface area (Å²) in [5.41, 5.74) is 0.533. The molecule has 2 rings (SSSR count). The molecule has 6 nitrogen and oxygen atoms in total. The van der Waals surface area contributed by atoms with Gasteiger partial charge in [0.05, 0.1) is 10.8 Å². The average molecular weight is 313 g/mol. The maximum absolute atomic E-state index is 11.1. The molecule has 1 fully saturated rings. The van der Waals surface area contributed by atoms with Crippen molar-refractivity contribution >= 4 is 23.3 Å². The van der Waals surface area contributed by atoms with Gasteiger partial charge >= 0.3 is 5.97 Å². The lowest BCUT2D eigenvalue weighted by Crippen LogP contribution is -2.28. The zero-order valence-corrected chi connectivity index (χ0v) is 12.2. The number of nitrogens with zero attached hydrogens (tertiary/aromatic N) is 1. The Hall–Kier alpha value is -1.66. The van der Waals surface area contributed by atoms with Crippen LogP contribution in [-0.2, 0) is 11.3 Å². The van der Waals surface area contributed by atoms with Crippen molar-refractivity contribution in [1.29, 1.82) is 0 Å². The molecule has 0 bridgehead atoms. The number of hydrogen-bond acceptors (Lipinski definition) is 4. The Morgan fingerprint density at radius 3 is 2.90 bits per heavy atom. The highest BCUT2D eigenvalue weighted by atomic mass is 35.5. The number of nitro benzene ring substituents is 1. The molecule has 1 aliphatic carbocycles. The summed E-state index contributed by atoms with van der Waals surface area (Å²) in [5.74, 6) is -0.986. The van der Waals surface area contributed by atoms with E-state index in [1.807, 2.05) is 0 Å². The first-order valence-electron chi connectivity index (χ1n) is 6.85. The van der Waals surface area contributed by atoms with E-state index in [0.717, 1.165) is 12.8 Å². The largest absolute Gasteiger partial charge is 0.481 e. The predicted molar refractivity (Wildman–Crippen MR) is 78.3 cm³/mol. The summed E-state index contributed by atoms with van der Waals surface area (Å²) in [4.78, 5) is 21.6. The molecule has 21 heavy (non-hydrogen) atoms. The van der Waals surface area contributed by atoms with Crippen molar-refractivity contribution in [3.63, 3.8) is 0 Å². The summed E-state index contributed by atoms with van der Waals surface area (Å²) in [6.07, 6.45) is 2.50. The molecule has 0 aliphatic heterocycles. The van der Waals surface area contributed by atoms with Crippen LogP contribution in [0.5, 0.6) is 0 Å². The minimum absolute atomic E-state index is 0.0214. The van der Waals surface area contributed by atoms with Crippen LogP contribution in [-0.4, -0.2) is 22.5 Å². The van der Waals surface area contributed by atoms with Crippen LogP contribution in [0.25, 0.3) is 0 Å². The van der Waals surface area contributed by atoms with Crippen LogP contribution >= 0.6 is 11.6 Å². The Labute approximate surface area is 127 Å². The summed E-state index contributed by atoms with van der Waals surface area (Å²) in [6.45, 7) is 0.848. The summed E-state index contributed by atoms with van der Waals surface area (Å²) >= 11 is 5.86. The molecule has 1 saturated carbocycles. The number of aliphatic carboxylic acids is 1. The van der Waals surface area contributed by atoms with Gasteiger partial charge < -0.3 is 10.4 Å². The molecule has 1 aromatic carbocycles. The quantitative estimate of drug-likeness (QED) is 0.622. The molecule has 0 heterocycles. The van der Waals surface area contributed by atoms with E-state index < -0.39 is 10.9 Å². The summed E-state index contributed by atoms with van der Waals surface area (Å²) < 4.78 is 0. The highest BCUT2D eigenvalue weighted by molar-refractivity contribution is 6.30. The van der Waals surface area contributed by atoms with Crippen molar-refractivity contribution in [1.82, 2.24) is 5.32 Å². The predicted octanol–water partition coefficient (Wildman–Crippen LogP) is 2.84. The Balaban J connectivity index is 1.96. The number of halogens is 1. The summed E-state index contributed by atoms with van der Waals surface area (Å²) in [6, 6.07) is 4.44. The number of benzene rings is 1. The van der Waals surface area contributed by atoms with E-state index in [9.17, 15) is 14.9 Å². The average Bonchev–Trinajstić information content (AvgIpc) is 2.87. The van der Waals surface area contributed by atoms with Crippen molar-refractivity contribution in [3.05, 3.63) is 38.9 Å². The van der Waals surface area contributed by atoms with Crippen molar-refractivity contribution in [2.75, 3.05) is 6.54 Å². The van der Waals surface area contributed by atoms with Crippen LogP contribution in [0.15, 0.2) is 18.2 Å². The number of nitro groups is 1. The van der Waals surface area contributed by atoms with Gasteiger partial charge in [-0.1, -0.05) is 18.0 Å². The Morgan fingerprint density at radius 1 is 1.48 bits per heavy atom. The monoisotopic (exact) mass is 312 g/mol. The third-order valence-electron chi connectivity index (χ3n) is 3.94. The number of nitrogens with one attached hydrogen (secondary N) is 1. The van der Waals surface area contributed by atoms with Gasteiger partial charge in [0.15, 0.2) is 0 Å². The maximum atomic E-state index is 11.1. The second kappa shape index (κ2) is 6.87. The van der Waals surface area contributed by atoms with Crippen LogP contribution in [0.4, 0.5) is 5.69 Å². The fourth-order valence-corrected chi connectivity index (χ4v) is 3.07. The lowest BCUT2D eigenvalue weighted by molar-refractivity contribution is -0.385. The van der Waals surface area contributed by atoms with Gasteiger partial charge in [0.1, 0.15) is 0 Å². The molecule has 7 heteroatoms. The third-order valence-corrected chi connectivity index (χ3v) is 4.17. The van der Waals surface area contributed by atoms with Gasteiger partial charge in [-0.2, -0.15) is 0 Å². The van der Waals surface area contributed by atoms with Gasteiger partial charge in [-0.3, -0.25) is 14.9 Å². The zero-order valence-electron chi connectivity index (χ0n) is 11.4. The number of hydrogen-bond donors (Lipinski definition) is 2. The normalized spacial score (nSPS) is 21.4. The Bertz CT molecular complexity index is 550. The van der Waals surface area contributed by atoms with Crippen molar-refractivity contribution in [3.8, 4) is 0 Å². The smallest absolute Gasteiger partial charge is 0.306 e. The molecule has 0 aromatic heterocycles. The minimum atomic E-state index is -0.756.